The number of hydrogen-bond donors (Lipinski definition) is 1. The summed E-state index contributed by atoms with van der Waals surface area (Å²) in [6.45, 7) is 9.02. The van der Waals surface area contributed by atoms with Crippen LogP contribution in [0.3, 0.4) is 0 Å². The van der Waals surface area contributed by atoms with Crippen LogP contribution >= 0.6 is 11.6 Å². The van der Waals surface area contributed by atoms with Crippen molar-refractivity contribution in [3.8, 4) is 5.75 Å². The number of aldehydes is 1. The van der Waals surface area contributed by atoms with Crippen molar-refractivity contribution in [3.63, 3.8) is 0 Å². The Morgan fingerprint density at radius 2 is 2.02 bits per heavy atom. The molecule has 1 saturated carbocycles. The van der Waals surface area contributed by atoms with Crippen molar-refractivity contribution in [1.82, 2.24) is 4.72 Å². The largest absolute Gasteiger partial charge is 0.490 e. The molecule has 2 aliphatic carbocycles. The average Bonchev–Trinajstić information content (AvgIpc) is 3.25. The van der Waals surface area contributed by atoms with Gasteiger partial charge in [-0.05, 0) is 100.0 Å². The van der Waals surface area contributed by atoms with Gasteiger partial charge in [0.25, 0.3) is 5.91 Å². The minimum Gasteiger partial charge on any atom is -0.490 e. The van der Waals surface area contributed by atoms with E-state index in [1.807, 2.05) is 26.0 Å². The molecular formula is C38H55ClN2O6S. The number of halogens is 1. The number of ether oxygens (including phenoxy) is 3. The number of amides is 1. The summed E-state index contributed by atoms with van der Waals surface area (Å²) in [6, 6.07) is 14.3. The molecule has 1 aliphatic heterocycles. The number of hydrogen-bond acceptors (Lipinski definition) is 7. The third-order valence-electron chi connectivity index (χ3n) is 10.6. The fourth-order valence-electron chi connectivity index (χ4n) is 7.85. The van der Waals surface area contributed by atoms with Gasteiger partial charge in [-0.15, -0.1) is 11.6 Å². The van der Waals surface area contributed by atoms with Gasteiger partial charge in [0, 0.05) is 50.8 Å². The molecule has 0 bridgehead atoms. The molecule has 8 nitrogen and oxygen atoms in total. The normalized spacial score (nSPS) is 23.8. The summed E-state index contributed by atoms with van der Waals surface area (Å²) in [7, 11) is 0.0732. The van der Waals surface area contributed by atoms with Crippen LogP contribution in [0.4, 0.5) is 5.69 Å². The van der Waals surface area contributed by atoms with Crippen molar-refractivity contribution in [2.75, 3.05) is 51.3 Å². The first-order valence-electron chi connectivity index (χ1n) is 17.6. The Labute approximate surface area is 295 Å². The van der Waals surface area contributed by atoms with Crippen LogP contribution in [-0.4, -0.2) is 73.7 Å². The Balaban J connectivity index is 0.00000255. The molecule has 1 heterocycles. The molecule has 1 spiro atoms. The predicted molar refractivity (Wildman–Crippen MR) is 195 cm³/mol. The van der Waals surface area contributed by atoms with Gasteiger partial charge in [-0.2, -0.15) is 0 Å². The van der Waals surface area contributed by atoms with Crippen LogP contribution in [0.25, 0.3) is 0 Å². The lowest BCUT2D eigenvalue weighted by Gasteiger charge is -2.50. The topological polar surface area (TPSA) is 94.2 Å². The van der Waals surface area contributed by atoms with Gasteiger partial charge in [-0.1, -0.05) is 44.0 Å². The zero-order chi connectivity index (χ0) is 34.7. The summed E-state index contributed by atoms with van der Waals surface area (Å²) in [5.74, 6) is 0.785. The Kier molecular flexibility index (Phi) is 14.4. The highest BCUT2D eigenvalue weighted by Crippen LogP contribution is 2.49. The summed E-state index contributed by atoms with van der Waals surface area (Å²) in [5.41, 5.74) is 3.09. The van der Waals surface area contributed by atoms with Gasteiger partial charge in [0.2, 0.25) is 0 Å². The van der Waals surface area contributed by atoms with Crippen LogP contribution in [0, 0.1) is 11.8 Å². The number of benzene rings is 2. The van der Waals surface area contributed by atoms with E-state index < -0.39 is 16.6 Å². The van der Waals surface area contributed by atoms with E-state index in [1.54, 1.807) is 13.2 Å². The van der Waals surface area contributed by atoms with Gasteiger partial charge < -0.3 is 23.9 Å². The van der Waals surface area contributed by atoms with Crippen molar-refractivity contribution in [1.29, 1.82) is 0 Å². The van der Waals surface area contributed by atoms with Crippen molar-refractivity contribution in [2.45, 2.75) is 94.8 Å². The molecule has 4 unspecified atom stereocenters. The van der Waals surface area contributed by atoms with E-state index in [1.165, 1.54) is 17.5 Å². The van der Waals surface area contributed by atoms with Gasteiger partial charge in [-0.25, -0.2) is 4.21 Å². The number of fused-ring (bicyclic) bond motifs is 3. The lowest BCUT2D eigenvalue weighted by molar-refractivity contribution is -0.154. The molecule has 10 heteroatoms. The molecule has 6 atom stereocenters. The highest BCUT2D eigenvalue weighted by Gasteiger charge is 2.50. The first kappa shape index (κ1) is 38.3. The number of aryl methyl sites for hydroxylation is 1. The number of nitrogens with one attached hydrogen (secondary N) is 1. The third kappa shape index (κ3) is 8.45. The first-order valence-corrected chi connectivity index (χ1v) is 19.6. The Morgan fingerprint density at radius 3 is 2.71 bits per heavy atom. The SMILES string of the molecule is CCCC[C@@](C=O)(OCC)C1CCC1CN1C[C@@]2(CCCc3ccccc32)COc2ccc(C(=O)NS(=O)C(C)CCOC)cc21.CCl. The molecule has 2 aromatic rings. The van der Waals surface area contributed by atoms with E-state index in [0.717, 1.165) is 82.2 Å². The molecule has 0 radical (unpaired) electrons. The third-order valence-corrected chi connectivity index (χ3v) is 11.9. The van der Waals surface area contributed by atoms with Crippen LogP contribution in [0.2, 0.25) is 0 Å². The lowest BCUT2D eigenvalue weighted by atomic mass is 9.63. The zero-order valence-electron chi connectivity index (χ0n) is 29.4. The molecular weight excluding hydrogens is 648 g/mol. The number of alkyl halides is 1. The lowest BCUT2D eigenvalue weighted by Crippen LogP contribution is -2.54. The number of carbonyl (C=O) groups excluding carboxylic acids is 2. The van der Waals surface area contributed by atoms with Crippen molar-refractivity contribution in [3.05, 3.63) is 59.2 Å². The number of rotatable bonds is 15. The van der Waals surface area contributed by atoms with E-state index in [-0.39, 0.29) is 28.4 Å². The summed E-state index contributed by atoms with van der Waals surface area (Å²) in [6.07, 6.45) is 11.0. The van der Waals surface area contributed by atoms with E-state index in [2.05, 4.69) is 52.4 Å². The van der Waals surface area contributed by atoms with Crippen LogP contribution in [0.5, 0.6) is 5.75 Å². The zero-order valence-corrected chi connectivity index (χ0v) is 31.0. The summed E-state index contributed by atoms with van der Waals surface area (Å²) in [5, 5.41) is -0.234. The standard InChI is InChI=1S/C37H52N2O6S.CH3Cl/c1-5-7-20-37(25-40,45-6-2)32-16-14-30(32)23-39-24-36(19-10-12-28-11-8-9-13-31(28)36)26-44-34-17-15-29(22-33(34)39)35(41)38-46(42)27(3)18-21-43-4;1-2/h8-9,11,13,15,17,22,25,27,30,32H,5-7,10,12,14,16,18-21,23-24,26H2,1-4H3,(H,38,41);1H3/t27?,30?,32?,36-,37-,46?;/m0./s1. The molecule has 3 aliphatic rings. The molecule has 2 aromatic carbocycles. The predicted octanol–water partition coefficient (Wildman–Crippen LogP) is 7.02. The second kappa shape index (κ2) is 18.0. The van der Waals surface area contributed by atoms with Crippen LogP contribution in [-0.2, 0) is 37.1 Å². The molecule has 48 heavy (non-hydrogen) atoms. The Bertz CT molecular complexity index is 1390. The number of unbranched alkanes of at least 4 members (excludes halogenated alkanes) is 1. The molecule has 5 rings (SSSR count). The van der Waals surface area contributed by atoms with Gasteiger partial charge >= 0.3 is 0 Å². The summed E-state index contributed by atoms with van der Waals surface area (Å²) in [4.78, 5) is 28.5. The van der Waals surface area contributed by atoms with Crippen molar-refractivity contribution < 1.29 is 28.0 Å². The minimum atomic E-state index is -1.54. The first-order chi connectivity index (χ1) is 23.3. The van der Waals surface area contributed by atoms with E-state index >= 15 is 0 Å². The number of nitrogens with zero attached hydrogens (tertiary/aromatic N) is 1. The molecule has 1 N–H and O–H groups in total. The maximum absolute atomic E-state index is 13.4. The maximum Gasteiger partial charge on any atom is 0.263 e. The van der Waals surface area contributed by atoms with E-state index in [9.17, 15) is 13.8 Å². The van der Waals surface area contributed by atoms with Gasteiger partial charge in [0.05, 0.1) is 17.5 Å². The molecule has 0 aromatic heterocycles. The quantitative estimate of drug-likeness (QED) is 0.157. The fraction of sp³-hybridized carbons (Fsp3) is 0.632. The van der Waals surface area contributed by atoms with E-state index in [4.69, 9.17) is 14.2 Å². The van der Waals surface area contributed by atoms with E-state index in [0.29, 0.717) is 31.8 Å². The molecule has 266 valence electrons. The molecule has 1 amide bonds. The van der Waals surface area contributed by atoms with Crippen LogP contribution < -0.4 is 14.4 Å². The monoisotopic (exact) mass is 702 g/mol. The average molecular weight is 703 g/mol. The van der Waals surface area contributed by atoms with Gasteiger partial charge in [-0.3, -0.25) is 9.52 Å². The Morgan fingerprint density at radius 1 is 1.23 bits per heavy atom. The number of carbonyl (C=O) groups is 2. The number of methoxy groups -OCH3 is 1. The molecule has 1 fully saturated rings. The molecule has 0 saturated heterocycles. The van der Waals surface area contributed by atoms with Gasteiger partial charge in [0.1, 0.15) is 22.3 Å². The Hall–Kier alpha value is -2.46. The van der Waals surface area contributed by atoms with Crippen LogP contribution in [0.1, 0.15) is 93.6 Å². The summed E-state index contributed by atoms with van der Waals surface area (Å²) < 4.78 is 33.6. The van der Waals surface area contributed by atoms with Crippen LogP contribution in [0.15, 0.2) is 42.5 Å². The van der Waals surface area contributed by atoms with Crippen molar-refractivity contribution in [2.24, 2.45) is 11.8 Å². The fourth-order valence-corrected chi connectivity index (χ4v) is 8.66. The smallest absolute Gasteiger partial charge is 0.263 e. The second-order valence-corrected chi connectivity index (χ2v) is 15.1. The summed E-state index contributed by atoms with van der Waals surface area (Å²) >= 11 is 4.64. The van der Waals surface area contributed by atoms with Crippen molar-refractivity contribution >= 4 is 40.5 Å². The maximum atomic E-state index is 13.4. The van der Waals surface area contributed by atoms with Gasteiger partial charge in [0.15, 0.2) is 6.29 Å². The highest BCUT2D eigenvalue weighted by molar-refractivity contribution is 7.84. The number of anilines is 1. The second-order valence-electron chi connectivity index (χ2n) is 13.5. The highest BCUT2D eigenvalue weighted by atomic mass is 35.5. The minimum absolute atomic E-state index is 0.140.